The predicted octanol–water partition coefficient (Wildman–Crippen LogP) is 6.80. The van der Waals surface area contributed by atoms with Crippen molar-refractivity contribution in [3.8, 4) is 0 Å². The Hall–Kier alpha value is -3.79. The molecule has 0 spiro atoms. The number of rotatable bonds is 6. The van der Waals surface area contributed by atoms with E-state index in [0.717, 1.165) is 41.1 Å². The van der Waals surface area contributed by atoms with Gasteiger partial charge in [-0.05, 0) is 50.5 Å². The Bertz CT molecular complexity index is 1230. The molecule has 2 unspecified atom stereocenters. The Kier molecular flexibility index (Phi) is 6.22. The van der Waals surface area contributed by atoms with E-state index >= 15 is 0 Å². The standard InChI is InChI=1S/C30H30N4/c1-4-28-27(30-31-21(2)19-22(3)34(30)33-28)20-23-15-17-26(18-16-23)32-29(24-11-7-5-8-12-24)25-13-9-6-10-14-25/h5-19,27,30H,4,20H2,1-3H3. The molecule has 0 saturated carbocycles. The summed E-state index contributed by atoms with van der Waals surface area (Å²) in [7, 11) is 0. The van der Waals surface area contributed by atoms with E-state index in [0.29, 0.717) is 5.92 Å². The molecule has 0 N–H and O–H groups in total. The zero-order valence-electron chi connectivity index (χ0n) is 20.0. The van der Waals surface area contributed by atoms with Crippen LogP contribution in [0.5, 0.6) is 0 Å². The normalized spacial score (nSPS) is 19.1. The van der Waals surface area contributed by atoms with Crippen molar-refractivity contribution in [1.82, 2.24) is 5.01 Å². The lowest BCUT2D eigenvalue weighted by molar-refractivity contribution is 0.259. The van der Waals surface area contributed by atoms with E-state index in [9.17, 15) is 0 Å². The van der Waals surface area contributed by atoms with Gasteiger partial charge in [-0.25, -0.2) is 10.0 Å². The minimum absolute atomic E-state index is 0.0698. The summed E-state index contributed by atoms with van der Waals surface area (Å²) in [6.45, 7) is 6.38. The molecule has 34 heavy (non-hydrogen) atoms. The van der Waals surface area contributed by atoms with Gasteiger partial charge in [-0.2, -0.15) is 5.10 Å². The van der Waals surface area contributed by atoms with Gasteiger partial charge in [-0.1, -0.05) is 79.7 Å². The molecule has 2 aliphatic rings. The molecule has 0 saturated heterocycles. The average Bonchev–Trinajstić information content (AvgIpc) is 3.22. The highest BCUT2D eigenvalue weighted by Gasteiger charge is 2.38. The highest BCUT2D eigenvalue weighted by Crippen LogP contribution is 2.33. The summed E-state index contributed by atoms with van der Waals surface area (Å²) in [6, 6.07) is 29.4. The van der Waals surface area contributed by atoms with Crippen LogP contribution in [0.15, 0.2) is 112 Å². The molecule has 0 aliphatic carbocycles. The lowest BCUT2D eigenvalue weighted by atomic mass is 9.91. The lowest BCUT2D eigenvalue weighted by Gasteiger charge is -2.28. The molecular formula is C30H30N4. The van der Waals surface area contributed by atoms with Gasteiger partial charge < -0.3 is 0 Å². The van der Waals surface area contributed by atoms with Gasteiger partial charge in [-0.15, -0.1) is 0 Å². The molecule has 3 aromatic rings. The molecule has 2 aliphatic heterocycles. The van der Waals surface area contributed by atoms with Gasteiger partial charge >= 0.3 is 0 Å². The summed E-state index contributed by atoms with van der Waals surface area (Å²) in [5.74, 6) is 0.294. The van der Waals surface area contributed by atoms with E-state index in [1.54, 1.807) is 0 Å². The van der Waals surface area contributed by atoms with Crippen molar-refractivity contribution >= 4 is 22.8 Å². The van der Waals surface area contributed by atoms with E-state index in [4.69, 9.17) is 15.1 Å². The summed E-state index contributed by atoms with van der Waals surface area (Å²) < 4.78 is 0. The Balaban J connectivity index is 1.41. The molecule has 2 heterocycles. The van der Waals surface area contributed by atoms with Crippen LogP contribution in [0.25, 0.3) is 0 Å². The number of hydrogen-bond acceptors (Lipinski definition) is 4. The van der Waals surface area contributed by atoms with Crippen LogP contribution >= 0.6 is 0 Å². The highest BCUT2D eigenvalue weighted by molar-refractivity contribution is 6.13. The number of nitrogens with zero attached hydrogens (tertiary/aromatic N) is 4. The molecule has 170 valence electrons. The molecule has 0 aromatic heterocycles. The third-order valence-corrected chi connectivity index (χ3v) is 6.48. The Morgan fingerprint density at radius 1 is 0.853 bits per heavy atom. The number of hydrazone groups is 1. The van der Waals surface area contributed by atoms with Crippen molar-refractivity contribution in [3.05, 3.63) is 113 Å². The van der Waals surface area contributed by atoms with Gasteiger partial charge in [0.1, 0.15) is 6.17 Å². The van der Waals surface area contributed by atoms with E-state index in [1.165, 1.54) is 17.0 Å². The number of fused-ring (bicyclic) bond motifs is 1. The molecule has 2 atom stereocenters. The quantitative estimate of drug-likeness (QED) is 0.384. The maximum Gasteiger partial charge on any atom is 0.150 e. The average molecular weight is 447 g/mol. The fourth-order valence-electron chi connectivity index (χ4n) is 4.79. The third kappa shape index (κ3) is 4.49. The van der Waals surface area contributed by atoms with Crippen molar-refractivity contribution in [2.24, 2.45) is 21.0 Å². The van der Waals surface area contributed by atoms with Crippen LogP contribution < -0.4 is 0 Å². The minimum atomic E-state index is 0.0698. The number of hydrogen-bond donors (Lipinski definition) is 0. The summed E-state index contributed by atoms with van der Waals surface area (Å²) in [5.41, 5.74) is 8.93. The molecule has 0 bridgehead atoms. The first-order chi connectivity index (χ1) is 16.6. The van der Waals surface area contributed by atoms with E-state index < -0.39 is 0 Å². The molecule has 4 nitrogen and oxygen atoms in total. The van der Waals surface area contributed by atoms with Crippen molar-refractivity contribution in [3.63, 3.8) is 0 Å². The third-order valence-electron chi connectivity index (χ3n) is 6.48. The van der Waals surface area contributed by atoms with E-state index in [-0.39, 0.29) is 6.17 Å². The Morgan fingerprint density at radius 3 is 2.06 bits per heavy atom. The highest BCUT2D eigenvalue weighted by atomic mass is 15.5. The summed E-state index contributed by atoms with van der Waals surface area (Å²) in [4.78, 5) is 9.97. The summed E-state index contributed by atoms with van der Waals surface area (Å²) in [6.07, 6.45) is 4.05. The lowest BCUT2D eigenvalue weighted by Crippen LogP contribution is -2.35. The molecule has 5 rings (SSSR count). The summed E-state index contributed by atoms with van der Waals surface area (Å²) in [5, 5.41) is 7.00. The Labute approximate surface area is 202 Å². The molecule has 4 heteroatoms. The number of allylic oxidation sites excluding steroid dienone is 2. The van der Waals surface area contributed by atoms with Gasteiger partial charge in [0.05, 0.1) is 11.4 Å². The second-order valence-electron chi connectivity index (χ2n) is 8.93. The van der Waals surface area contributed by atoms with Crippen LogP contribution in [-0.2, 0) is 6.42 Å². The molecular weight excluding hydrogens is 416 g/mol. The van der Waals surface area contributed by atoms with E-state index in [2.05, 4.69) is 105 Å². The fourth-order valence-corrected chi connectivity index (χ4v) is 4.79. The van der Waals surface area contributed by atoms with Crippen LogP contribution in [0.2, 0.25) is 0 Å². The zero-order valence-corrected chi connectivity index (χ0v) is 20.0. The maximum atomic E-state index is 5.04. The SMILES string of the molecule is CCC1=NN2C(C)=CC(C)=NC2C1Cc1ccc(N=C(c2ccccc2)c2ccccc2)cc1. The molecule has 0 fully saturated rings. The van der Waals surface area contributed by atoms with Gasteiger partial charge in [0.15, 0.2) is 0 Å². The zero-order chi connectivity index (χ0) is 23.5. The molecule has 0 amide bonds. The Morgan fingerprint density at radius 2 is 1.47 bits per heavy atom. The van der Waals surface area contributed by atoms with Crippen molar-refractivity contribution in [1.29, 1.82) is 0 Å². The minimum Gasteiger partial charge on any atom is -0.263 e. The first-order valence-corrected chi connectivity index (χ1v) is 12.0. The van der Waals surface area contributed by atoms with Gasteiger partial charge in [0, 0.05) is 34.2 Å². The van der Waals surface area contributed by atoms with Crippen molar-refractivity contribution in [2.75, 3.05) is 0 Å². The number of aliphatic imine (C=N–C) groups is 2. The van der Waals surface area contributed by atoms with Crippen LogP contribution in [-0.4, -0.2) is 28.3 Å². The van der Waals surface area contributed by atoms with Crippen molar-refractivity contribution in [2.45, 2.75) is 39.8 Å². The first kappa shape index (κ1) is 22.0. The number of benzene rings is 3. The maximum absolute atomic E-state index is 5.04. The smallest absolute Gasteiger partial charge is 0.150 e. The topological polar surface area (TPSA) is 40.3 Å². The van der Waals surface area contributed by atoms with Crippen LogP contribution in [0.3, 0.4) is 0 Å². The molecule has 3 aromatic carbocycles. The van der Waals surface area contributed by atoms with Crippen molar-refractivity contribution < 1.29 is 0 Å². The van der Waals surface area contributed by atoms with E-state index in [1.807, 2.05) is 12.1 Å². The second kappa shape index (κ2) is 9.60. The summed E-state index contributed by atoms with van der Waals surface area (Å²) >= 11 is 0. The fraction of sp³-hybridized carbons (Fsp3) is 0.233. The first-order valence-electron chi connectivity index (χ1n) is 12.0. The van der Waals surface area contributed by atoms with Gasteiger partial charge in [0.2, 0.25) is 0 Å². The monoisotopic (exact) mass is 446 g/mol. The second-order valence-corrected chi connectivity index (χ2v) is 8.93. The molecule has 0 radical (unpaired) electrons. The van der Waals surface area contributed by atoms with Gasteiger partial charge in [0.25, 0.3) is 0 Å². The van der Waals surface area contributed by atoms with Crippen LogP contribution in [0.1, 0.15) is 43.9 Å². The van der Waals surface area contributed by atoms with Crippen LogP contribution in [0.4, 0.5) is 5.69 Å². The van der Waals surface area contributed by atoms with Crippen LogP contribution in [0, 0.1) is 5.92 Å². The predicted molar refractivity (Wildman–Crippen MR) is 142 cm³/mol. The largest absolute Gasteiger partial charge is 0.263 e. The van der Waals surface area contributed by atoms with Gasteiger partial charge in [-0.3, -0.25) is 4.99 Å².